The minimum Gasteiger partial charge on any atom is -0.451 e. The highest BCUT2D eigenvalue weighted by atomic mass is 35.5. The van der Waals surface area contributed by atoms with Crippen LogP contribution in [0.15, 0.2) is 30.7 Å². The Kier molecular flexibility index (Phi) is 11.7. The number of hydrogen-bond donors (Lipinski definition) is 1. The zero-order chi connectivity index (χ0) is 36.0. The van der Waals surface area contributed by atoms with Gasteiger partial charge in [-0.1, -0.05) is 0 Å². The number of rotatable bonds is 10. The lowest BCUT2D eigenvalue weighted by Crippen LogP contribution is -2.61. The highest BCUT2D eigenvalue weighted by Gasteiger charge is 2.47. The lowest BCUT2D eigenvalue weighted by Gasteiger charge is -2.54. The monoisotopic (exact) mass is 762 g/mol. The molecule has 15 heteroatoms. The minimum atomic E-state index is -3.38. The smallest absolute Gasteiger partial charge is 0.281 e. The van der Waals surface area contributed by atoms with Gasteiger partial charge in [-0.25, -0.2) is 14.4 Å². The molecule has 0 atom stereocenters. The highest BCUT2D eigenvalue weighted by Crippen LogP contribution is 2.45. The van der Waals surface area contributed by atoms with Crippen molar-refractivity contribution in [3.05, 3.63) is 42.1 Å². The second-order valence-corrected chi connectivity index (χ2v) is 18.3. The van der Waals surface area contributed by atoms with Crippen LogP contribution in [0.2, 0.25) is 0 Å². The summed E-state index contributed by atoms with van der Waals surface area (Å²) in [6.07, 6.45) is 9.09. The summed E-state index contributed by atoms with van der Waals surface area (Å²) in [6.45, 7) is 17.2. The molecular weight excluding hydrogens is 707 g/mol. The Balaban J connectivity index is 0.00000464. The second-order valence-electron chi connectivity index (χ2n) is 16.4. The largest absolute Gasteiger partial charge is 0.451 e. The van der Waals surface area contributed by atoms with E-state index in [9.17, 15) is 17.6 Å². The predicted molar refractivity (Wildman–Crippen MR) is 202 cm³/mol. The molecule has 5 aliphatic heterocycles. The van der Waals surface area contributed by atoms with Gasteiger partial charge in [0.1, 0.15) is 17.9 Å². The number of piperidine rings is 3. The van der Waals surface area contributed by atoms with Gasteiger partial charge in [-0.2, -0.15) is 17.0 Å². The molecule has 0 bridgehead atoms. The van der Waals surface area contributed by atoms with E-state index in [1.165, 1.54) is 24.5 Å². The van der Waals surface area contributed by atoms with Gasteiger partial charge in [0.15, 0.2) is 11.6 Å². The molecule has 5 fully saturated rings. The summed E-state index contributed by atoms with van der Waals surface area (Å²) in [4.78, 5) is 28.9. The Hall–Kier alpha value is -2.62. The lowest BCUT2D eigenvalue weighted by atomic mass is 9.72. The van der Waals surface area contributed by atoms with E-state index in [4.69, 9.17) is 4.74 Å². The Morgan fingerprint density at radius 2 is 1.56 bits per heavy atom. The number of anilines is 1. The van der Waals surface area contributed by atoms with E-state index in [1.54, 1.807) is 19.7 Å². The molecule has 1 N–H and O–H groups in total. The van der Waals surface area contributed by atoms with Crippen LogP contribution in [0.5, 0.6) is 11.5 Å². The summed E-state index contributed by atoms with van der Waals surface area (Å²) < 4.78 is 51.0. The molecule has 52 heavy (non-hydrogen) atoms. The molecule has 1 amide bonds. The first-order chi connectivity index (χ1) is 24.4. The van der Waals surface area contributed by atoms with E-state index >= 15 is 0 Å². The topological polar surface area (TPSA) is 114 Å². The zero-order valence-corrected chi connectivity index (χ0v) is 32.7. The van der Waals surface area contributed by atoms with Crippen molar-refractivity contribution in [2.75, 3.05) is 76.9 Å². The quantitative estimate of drug-likeness (QED) is 0.370. The fraction of sp³-hybridized carbons (Fsp3) is 0.703. The highest BCUT2D eigenvalue weighted by molar-refractivity contribution is 7.86. The molecule has 5 aliphatic rings. The number of carbonyl (C=O) groups is 1. The number of benzene rings is 1. The van der Waals surface area contributed by atoms with Crippen molar-refractivity contribution in [1.29, 1.82) is 0 Å². The Morgan fingerprint density at radius 1 is 0.942 bits per heavy atom. The molecule has 1 aromatic heterocycles. The van der Waals surface area contributed by atoms with Crippen molar-refractivity contribution in [2.45, 2.75) is 78.3 Å². The summed E-state index contributed by atoms with van der Waals surface area (Å²) in [5.74, 6) is 1.14. The van der Waals surface area contributed by atoms with E-state index in [-0.39, 0.29) is 47.1 Å². The SMILES string of the molecule is CC(C)N(C(=O)c1cc(F)ccc1Oc1cncnc1N1CC2(CCN(CC3CCN(S(=O)(=O)N4CCC5(CC4)CNC5)CC3)CC2)C1)C(C)C.Cl. The first-order valence-corrected chi connectivity index (χ1v) is 20.3. The van der Waals surface area contributed by atoms with Gasteiger partial charge in [0.2, 0.25) is 0 Å². The number of ether oxygens (including phenoxy) is 1. The van der Waals surface area contributed by atoms with Crippen LogP contribution in [0, 0.1) is 22.6 Å². The number of amides is 1. The van der Waals surface area contributed by atoms with Crippen molar-refractivity contribution >= 4 is 34.3 Å². The van der Waals surface area contributed by atoms with Gasteiger partial charge in [0.05, 0.1) is 11.8 Å². The van der Waals surface area contributed by atoms with Crippen LogP contribution < -0.4 is 15.0 Å². The van der Waals surface area contributed by atoms with Gasteiger partial charge in [-0.15, -0.1) is 12.4 Å². The lowest BCUT2D eigenvalue weighted by molar-refractivity contribution is 0.0599. The molecule has 7 rings (SSSR count). The van der Waals surface area contributed by atoms with Crippen LogP contribution >= 0.6 is 12.4 Å². The molecule has 2 aromatic rings. The van der Waals surface area contributed by atoms with Crippen molar-refractivity contribution < 1.29 is 22.3 Å². The number of aromatic nitrogens is 2. The average molecular weight is 763 g/mol. The van der Waals surface area contributed by atoms with Crippen LogP contribution in [0.4, 0.5) is 10.2 Å². The first-order valence-electron chi connectivity index (χ1n) is 18.9. The maximum absolute atomic E-state index is 14.4. The third-order valence-electron chi connectivity index (χ3n) is 12.2. The maximum Gasteiger partial charge on any atom is 0.281 e. The summed E-state index contributed by atoms with van der Waals surface area (Å²) >= 11 is 0. The Labute approximate surface area is 315 Å². The van der Waals surface area contributed by atoms with Crippen LogP contribution in [-0.2, 0) is 10.2 Å². The summed E-state index contributed by atoms with van der Waals surface area (Å²) in [6, 6.07) is 3.93. The third kappa shape index (κ3) is 7.93. The molecule has 2 spiro atoms. The van der Waals surface area contributed by atoms with Crippen LogP contribution in [0.25, 0.3) is 0 Å². The number of nitrogens with zero attached hydrogens (tertiary/aromatic N) is 7. The number of carbonyl (C=O) groups excluding carboxylic acids is 1. The summed E-state index contributed by atoms with van der Waals surface area (Å²) in [5, 5.41) is 3.36. The zero-order valence-electron chi connectivity index (χ0n) is 31.1. The first kappa shape index (κ1) is 39.1. The maximum atomic E-state index is 14.4. The van der Waals surface area contributed by atoms with Gasteiger partial charge in [-0.05, 0) is 109 Å². The fourth-order valence-corrected chi connectivity index (χ4v) is 10.7. The second kappa shape index (κ2) is 15.6. The molecule has 0 aliphatic carbocycles. The van der Waals surface area contributed by atoms with E-state index in [1.807, 2.05) is 27.7 Å². The number of likely N-dealkylation sites (tertiary alicyclic amines) is 1. The van der Waals surface area contributed by atoms with Gasteiger partial charge in [0, 0.05) is 76.4 Å². The van der Waals surface area contributed by atoms with Gasteiger partial charge >= 0.3 is 0 Å². The minimum absolute atomic E-state index is 0. The van der Waals surface area contributed by atoms with Gasteiger partial charge in [0.25, 0.3) is 16.1 Å². The van der Waals surface area contributed by atoms with Gasteiger partial charge in [-0.3, -0.25) is 4.79 Å². The molecule has 288 valence electrons. The third-order valence-corrected chi connectivity index (χ3v) is 14.2. The van der Waals surface area contributed by atoms with E-state index in [2.05, 4.69) is 25.1 Å². The van der Waals surface area contributed by atoms with E-state index in [0.29, 0.717) is 49.1 Å². The predicted octanol–water partition coefficient (Wildman–Crippen LogP) is 4.63. The molecular formula is C37H56ClFN8O4S. The molecule has 0 radical (unpaired) electrons. The normalized spacial score (nSPS) is 22.6. The van der Waals surface area contributed by atoms with Crippen LogP contribution in [-0.4, -0.2) is 127 Å². The summed E-state index contributed by atoms with van der Waals surface area (Å²) in [5.41, 5.74) is 0.720. The van der Waals surface area contributed by atoms with Crippen molar-refractivity contribution in [2.24, 2.45) is 16.7 Å². The Bertz CT molecular complexity index is 1650. The summed E-state index contributed by atoms with van der Waals surface area (Å²) in [7, 11) is -3.38. The van der Waals surface area contributed by atoms with E-state index < -0.39 is 16.0 Å². The fourth-order valence-electron chi connectivity index (χ4n) is 9.01. The van der Waals surface area contributed by atoms with Crippen LogP contribution in [0.1, 0.15) is 76.6 Å². The molecule has 6 heterocycles. The van der Waals surface area contributed by atoms with Crippen molar-refractivity contribution in [1.82, 2.24) is 33.7 Å². The Morgan fingerprint density at radius 3 is 2.15 bits per heavy atom. The number of hydrogen-bond acceptors (Lipinski definition) is 9. The van der Waals surface area contributed by atoms with Crippen molar-refractivity contribution in [3.8, 4) is 11.5 Å². The molecule has 0 unspecified atom stereocenters. The number of halogens is 2. The van der Waals surface area contributed by atoms with Crippen molar-refractivity contribution in [3.63, 3.8) is 0 Å². The van der Waals surface area contributed by atoms with Gasteiger partial charge < -0.3 is 24.8 Å². The average Bonchev–Trinajstić information content (AvgIpc) is 3.08. The molecule has 1 aromatic carbocycles. The molecule has 0 saturated carbocycles. The molecule has 5 saturated heterocycles. The number of nitrogens with one attached hydrogen (secondary N) is 1. The molecule has 12 nitrogen and oxygen atoms in total. The standard InChI is InChI=1S/C37H55FN8O4S.ClH/c1-27(2)46(28(3)4)35(47)31-19-30(38)5-6-32(31)50-33-20-39-26-41-34(33)43-24-37(25-43)9-15-42(16-10-37)21-29-7-13-44(14-8-29)51(48,49)45-17-11-36(12-18-45)22-40-23-36;/h5-6,19-20,26-29,40H,7-18,21-25H2,1-4H3;1H. The van der Waals surface area contributed by atoms with Crippen LogP contribution in [0.3, 0.4) is 0 Å². The van der Waals surface area contributed by atoms with E-state index in [0.717, 1.165) is 84.3 Å².